The molecule has 2 rings (SSSR count). The number of aryl methyl sites for hydroxylation is 1. The lowest BCUT2D eigenvalue weighted by molar-refractivity contribution is 0.317. The van der Waals surface area contributed by atoms with Gasteiger partial charge in [0.1, 0.15) is 5.75 Å². The van der Waals surface area contributed by atoms with Gasteiger partial charge in [-0.25, -0.2) is 0 Å². The molecule has 0 aliphatic carbocycles. The molecule has 19 heavy (non-hydrogen) atoms. The summed E-state index contributed by atoms with van der Waals surface area (Å²) < 4.78 is 5.71. The minimum Gasteiger partial charge on any atom is -0.493 e. The van der Waals surface area contributed by atoms with Crippen LogP contribution in [0.3, 0.4) is 0 Å². The largest absolute Gasteiger partial charge is 0.493 e. The molecule has 0 bridgehead atoms. The quantitative estimate of drug-likeness (QED) is 0.717. The first kappa shape index (κ1) is 13.3. The number of benzene rings is 2. The van der Waals surface area contributed by atoms with Gasteiger partial charge in [0.15, 0.2) is 0 Å². The van der Waals surface area contributed by atoms with Crippen LogP contribution in [0, 0.1) is 6.92 Å². The lowest BCUT2D eigenvalue weighted by Crippen LogP contribution is -1.98. The normalized spacial score (nSPS) is 10.8. The zero-order valence-electron chi connectivity index (χ0n) is 11.5. The van der Waals surface area contributed by atoms with Crippen LogP contribution in [0.5, 0.6) is 5.75 Å². The van der Waals surface area contributed by atoms with E-state index in [0.717, 1.165) is 30.0 Å². The van der Waals surface area contributed by atoms with Crippen molar-refractivity contribution in [1.29, 1.82) is 0 Å². The van der Waals surface area contributed by atoms with Gasteiger partial charge in [-0.15, -0.1) is 0 Å². The topological polar surface area (TPSA) is 21.6 Å². The van der Waals surface area contributed by atoms with E-state index in [2.05, 4.69) is 24.9 Å². The third kappa shape index (κ3) is 3.68. The molecule has 0 spiro atoms. The highest BCUT2D eigenvalue weighted by Crippen LogP contribution is 2.20. The molecule has 0 fully saturated rings. The Kier molecular flexibility index (Phi) is 4.73. The molecule has 98 valence electrons. The highest BCUT2D eigenvalue weighted by Gasteiger charge is 2.00. The second kappa shape index (κ2) is 6.74. The Morgan fingerprint density at radius 2 is 1.79 bits per heavy atom. The third-order valence-electron chi connectivity index (χ3n) is 2.84. The van der Waals surface area contributed by atoms with Crippen molar-refractivity contribution in [2.24, 2.45) is 4.99 Å². The standard InChI is InChI=1S/C17H19NO/c1-3-12-19-17-11-7-5-9-15(17)13-18-16-10-6-4-8-14(16)2/h4-11,13H,3,12H2,1-2H3. The smallest absolute Gasteiger partial charge is 0.128 e. The summed E-state index contributed by atoms with van der Waals surface area (Å²) in [5.74, 6) is 0.890. The van der Waals surface area contributed by atoms with E-state index in [0.29, 0.717) is 0 Å². The maximum atomic E-state index is 5.71. The number of hydrogen-bond acceptors (Lipinski definition) is 2. The molecule has 2 aromatic carbocycles. The summed E-state index contributed by atoms with van der Waals surface area (Å²) in [6.45, 7) is 4.89. The Hall–Kier alpha value is -2.09. The second-order valence-electron chi connectivity index (χ2n) is 4.43. The fourth-order valence-electron chi connectivity index (χ4n) is 1.78. The van der Waals surface area contributed by atoms with E-state index in [1.54, 1.807) is 0 Å². The zero-order valence-corrected chi connectivity index (χ0v) is 11.5. The third-order valence-corrected chi connectivity index (χ3v) is 2.84. The van der Waals surface area contributed by atoms with Crippen LogP contribution in [0.1, 0.15) is 24.5 Å². The summed E-state index contributed by atoms with van der Waals surface area (Å²) in [4.78, 5) is 4.54. The number of aliphatic imine (C=N–C) groups is 1. The van der Waals surface area contributed by atoms with Gasteiger partial charge in [-0.1, -0.05) is 37.3 Å². The van der Waals surface area contributed by atoms with Crippen LogP contribution in [0.25, 0.3) is 0 Å². The van der Waals surface area contributed by atoms with E-state index in [1.165, 1.54) is 5.56 Å². The fraction of sp³-hybridized carbons (Fsp3) is 0.235. The number of para-hydroxylation sites is 2. The van der Waals surface area contributed by atoms with Crippen LogP contribution in [0.15, 0.2) is 53.5 Å². The van der Waals surface area contributed by atoms with Crippen molar-refractivity contribution >= 4 is 11.9 Å². The molecule has 0 aliphatic rings. The summed E-state index contributed by atoms with van der Waals surface area (Å²) in [5, 5.41) is 0. The summed E-state index contributed by atoms with van der Waals surface area (Å²) in [6, 6.07) is 16.1. The van der Waals surface area contributed by atoms with E-state index >= 15 is 0 Å². The average Bonchev–Trinajstić information content (AvgIpc) is 2.45. The van der Waals surface area contributed by atoms with Gasteiger partial charge in [0.05, 0.1) is 12.3 Å². The SMILES string of the molecule is CCCOc1ccccc1C=Nc1ccccc1C. The minimum absolute atomic E-state index is 0.731. The molecule has 0 N–H and O–H groups in total. The van der Waals surface area contributed by atoms with E-state index < -0.39 is 0 Å². The van der Waals surface area contributed by atoms with Crippen molar-refractivity contribution in [2.75, 3.05) is 6.61 Å². The van der Waals surface area contributed by atoms with Crippen LogP contribution in [0.2, 0.25) is 0 Å². The predicted molar refractivity (Wildman–Crippen MR) is 80.7 cm³/mol. The van der Waals surface area contributed by atoms with Crippen LogP contribution in [0.4, 0.5) is 5.69 Å². The van der Waals surface area contributed by atoms with Crippen LogP contribution >= 0.6 is 0 Å². The van der Waals surface area contributed by atoms with Gasteiger partial charge in [-0.2, -0.15) is 0 Å². The first-order valence-corrected chi connectivity index (χ1v) is 6.63. The number of rotatable bonds is 5. The molecule has 0 aliphatic heterocycles. The summed E-state index contributed by atoms with van der Waals surface area (Å²) in [6.07, 6.45) is 2.87. The molecule has 0 unspecified atom stereocenters. The monoisotopic (exact) mass is 253 g/mol. The van der Waals surface area contributed by atoms with Crippen LogP contribution < -0.4 is 4.74 Å². The van der Waals surface area contributed by atoms with E-state index in [9.17, 15) is 0 Å². The average molecular weight is 253 g/mol. The van der Waals surface area contributed by atoms with Crippen molar-refractivity contribution in [3.05, 3.63) is 59.7 Å². The molecule has 0 amide bonds. The van der Waals surface area contributed by atoms with Crippen molar-refractivity contribution in [3.63, 3.8) is 0 Å². The molecule has 2 heteroatoms. The van der Waals surface area contributed by atoms with Gasteiger partial charge in [-0.05, 0) is 37.1 Å². The first-order valence-electron chi connectivity index (χ1n) is 6.63. The highest BCUT2D eigenvalue weighted by molar-refractivity contribution is 5.85. The Labute approximate surface area is 114 Å². The Balaban J connectivity index is 2.21. The Morgan fingerprint density at radius 1 is 1.05 bits per heavy atom. The second-order valence-corrected chi connectivity index (χ2v) is 4.43. The van der Waals surface area contributed by atoms with Crippen molar-refractivity contribution in [2.45, 2.75) is 20.3 Å². The van der Waals surface area contributed by atoms with E-state index in [1.807, 2.05) is 48.7 Å². The molecule has 2 aromatic rings. The van der Waals surface area contributed by atoms with Gasteiger partial charge in [-0.3, -0.25) is 4.99 Å². The van der Waals surface area contributed by atoms with Gasteiger partial charge < -0.3 is 4.74 Å². The molecular weight excluding hydrogens is 234 g/mol. The number of nitrogens with zero attached hydrogens (tertiary/aromatic N) is 1. The summed E-state index contributed by atoms with van der Waals surface area (Å²) in [5.41, 5.74) is 3.18. The zero-order chi connectivity index (χ0) is 13.5. The number of ether oxygens (including phenoxy) is 1. The van der Waals surface area contributed by atoms with E-state index in [-0.39, 0.29) is 0 Å². The lowest BCUT2D eigenvalue weighted by atomic mass is 10.2. The predicted octanol–water partition coefficient (Wildman–Crippen LogP) is 4.53. The molecule has 0 radical (unpaired) electrons. The molecule has 0 aromatic heterocycles. The van der Waals surface area contributed by atoms with Crippen LogP contribution in [-0.4, -0.2) is 12.8 Å². The van der Waals surface area contributed by atoms with Crippen molar-refractivity contribution < 1.29 is 4.74 Å². The highest BCUT2D eigenvalue weighted by atomic mass is 16.5. The number of hydrogen-bond donors (Lipinski definition) is 0. The van der Waals surface area contributed by atoms with Crippen molar-refractivity contribution in [1.82, 2.24) is 0 Å². The van der Waals surface area contributed by atoms with Gasteiger partial charge in [0, 0.05) is 11.8 Å². The van der Waals surface area contributed by atoms with E-state index in [4.69, 9.17) is 4.74 Å². The van der Waals surface area contributed by atoms with Crippen LogP contribution in [-0.2, 0) is 0 Å². The Bertz CT molecular complexity index is 561. The molecule has 0 saturated carbocycles. The first-order chi connectivity index (χ1) is 9.31. The summed E-state index contributed by atoms with van der Waals surface area (Å²) >= 11 is 0. The minimum atomic E-state index is 0.731. The molecular formula is C17H19NO. The maximum absolute atomic E-state index is 5.71. The molecule has 0 saturated heterocycles. The fourth-order valence-corrected chi connectivity index (χ4v) is 1.78. The Morgan fingerprint density at radius 3 is 2.58 bits per heavy atom. The van der Waals surface area contributed by atoms with Gasteiger partial charge >= 0.3 is 0 Å². The molecule has 0 heterocycles. The molecule has 0 atom stereocenters. The van der Waals surface area contributed by atoms with Gasteiger partial charge in [0.25, 0.3) is 0 Å². The molecule has 2 nitrogen and oxygen atoms in total. The summed E-state index contributed by atoms with van der Waals surface area (Å²) in [7, 11) is 0. The van der Waals surface area contributed by atoms with Crippen molar-refractivity contribution in [3.8, 4) is 5.75 Å². The lowest BCUT2D eigenvalue weighted by Gasteiger charge is -2.07. The maximum Gasteiger partial charge on any atom is 0.128 e. The van der Waals surface area contributed by atoms with Gasteiger partial charge in [0.2, 0.25) is 0 Å².